The van der Waals surface area contributed by atoms with Gasteiger partial charge in [0.05, 0.1) is 28.7 Å². The third kappa shape index (κ3) is 2.90. The molecule has 5 aliphatic rings. The molecule has 1 aliphatic heterocycles. The molecule has 0 radical (unpaired) electrons. The quantitative estimate of drug-likeness (QED) is 0.177. The highest BCUT2D eigenvalue weighted by molar-refractivity contribution is 6.22. The predicted molar refractivity (Wildman–Crippen MR) is 133 cm³/mol. The molecular weight excluding hydrogens is 454 g/mol. The number of anilines is 1. The molecule has 3 aromatic rings. The van der Waals surface area contributed by atoms with Gasteiger partial charge in [0.1, 0.15) is 5.75 Å². The van der Waals surface area contributed by atoms with Crippen molar-refractivity contribution in [2.24, 2.45) is 35.5 Å². The molecule has 4 aliphatic carbocycles. The van der Waals surface area contributed by atoms with Gasteiger partial charge < -0.3 is 4.74 Å². The number of fused-ring (bicyclic) bond motifs is 1. The Morgan fingerprint density at radius 2 is 1.47 bits per heavy atom. The minimum atomic E-state index is -0.615. The number of hydrogen-bond acceptors (Lipinski definition) is 5. The monoisotopic (exact) mass is 477 g/mol. The average molecular weight is 478 g/mol. The number of ketones is 1. The van der Waals surface area contributed by atoms with E-state index in [0.717, 1.165) is 11.8 Å². The van der Waals surface area contributed by atoms with Crippen LogP contribution in [0.4, 0.5) is 5.69 Å². The fourth-order valence-corrected chi connectivity index (χ4v) is 6.74. The van der Waals surface area contributed by atoms with Crippen LogP contribution in [0.5, 0.6) is 5.75 Å². The van der Waals surface area contributed by atoms with Gasteiger partial charge in [0.2, 0.25) is 11.8 Å². The van der Waals surface area contributed by atoms with E-state index in [1.165, 1.54) is 11.8 Å². The molecule has 1 heterocycles. The summed E-state index contributed by atoms with van der Waals surface area (Å²) in [5.74, 6) is 0.0308. The molecule has 2 saturated carbocycles. The van der Waals surface area contributed by atoms with Crippen LogP contribution in [-0.2, 0) is 9.59 Å². The predicted octanol–water partition coefficient (Wildman–Crippen LogP) is 4.82. The van der Waals surface area contributed by atoms with E-state index in [2.05, 4.69) is 12.2 Å². The summed E-state index contributed by atoms with van der Waals surface area (Å²) in [4.78, 5) is 53.2. The van der Waals surface area contributed by atoms with E-state index in [4.69, 9.17) is 4.74 Å². The first-order chi connectivity index (χ1) is 17.4. The fourth-order valence-electron chi connectivity index (χ4n) is 6.74. The van der Waals surface area contributed by atoms with E-state index in [0.29, 0.717) is 28.5 Å². The first kappa shape index (κ1) is 21.2. The van der Waals surface area contributed by atoms with E-state index in [1.807, 2.05) is 30.3 Å². The second-order valence-corrected chi connectivity index (χ2v) is 10.3. The number of benzene rings is 3. The average Bonchev–Trinajstić information content (AvgIpc) is 3.67. The van der Waals surface area contributed by atoms with E-state index in [1.54, 1.807) is 30.3 Å². The highest BCUT2D eigenvalue weighted by atomic mass is 16.5. The summed E-state index contributed by atoms with van der Waals surface area (Å²) in [6.07, 6.45) is 5.42. The van der Waals surface area contributed by atoms with Crippen LogP contribution in [0.25, 0.3) is 10.8 Å². The normalized spacial score (nSPS) is 29.3. The van der Waals surface area contributed by atoms with Gasteiger partial charge in [0.25, 0.3) is 0 Å². The molecule has 178 valence electrons. The van der Waals surface area contributed by atoms with E-state index >= 15 is 0 Å². The summed E-state index contributed by atoms with van der Waals surface area (Å²) in [6.45, 7) is 1.43. The van der Waals surface area contributed by atoms with Crippen molar-refractivity contribution in [3.63, 3.8) is 0 Å². The standard InChI is InChI=1S/C30H23NO5/c1-15(32)19-11-8-16-4-2-3-5-20(16)27(19)36-30(35)17-6-9-18(10-7-17)31-28(33)25-21-12-13-22(24-14-23(21)24)26(25)29(31)34/h2-13,21-26H,14H2,1H3/t21-,22-,23-,24-,25-,26+/m1/s1. The number of hydrogen-bond donors (Lipinski definition) is 0. The largest absolute Gasteiger partial charge is 0.421 e. The van der Waals surface area contributed by atoms with Crippen LogP contribution >= 0.6 is 0 Å². The molecule has 0 spiro atoms. The van der Waals surface area contributed by atoms with Gasteiger partial charge in [0, 0.05) is 5.39 Å². The van der Waals surface area contributed by atoms with Gasteiger partial charge in [-0.05, 0) is 72.7 Å². The van der Waals surface area contributed by atoms with Crippen LogP contribution in [0.15, 0.2) is 72.8 Å². The lowest BCUT2D eigenvalue weighted by Crippen LogP contribution is -2.40. The van der Waals surface area contributed by atoms with Crippen molar-refractivity contribution >= 4 is 40.0 Å². The van der Waals surface area contributed by atoms with Crippen molar-refractivity contribution in [1.29, 1.82) is 0 Å². The Morgan fingerprint density at radius 3 is 2.11 bits per heavy atom. The summed E-state index contributed by atoms with van der Waals surface area (Å²) in [7, 11) is 0. The number of imide groups is 1. The third-order valence-electron chi connectivity index (χ3n) is 8.48. The van der Waals surface area contributed by atoms with Gasteiger partial charge in [-0.1, -0.05) is 42.5 Å². The van der Waals surface area contributed by atoms with Crippen molar-refractivity contribution < 1.29 is 23.9 Å². The molecule has 2 bridgehead atoms. The topological polar surface area (TPSA) is 80.8 Å². The molecule has 6 atom stereocenters. The van der Waals surface area contributed by atoms with Gasteiger partial charge >= 0.3 is 5.97 Å². The van der Waals surface area contributed by atoms with E-state index < -0.39 is 5.97 Å². The molecule has 0 aromatic heterocycles. The smallest absolute Gasteiger partial charge is 0.343 e. The van der Waals surface area contributed by atoms with Crippen LogP contribution in [0.2, 0.25) is 0 Å². The van der Waals surface area contributed by atoms with Crippen LogP contribution in [0.1, 0.15) is 34.1 Å². The van der Waals surface area contributed by atoms with E-state index in [-0.39, 0.29) is 52.6 Å². The van der Waals surface area contributed by atoms with Crippen LogP contribution in [-0.4, -0.2) is 23.6 Å². The highest BCUT2D eigenvalue weighted by Gasteiger charge is 2.67. The Bertz CT molecular complexity index is 1480. The van der Waals surface area contributed by atoms with Crippen molar-refractivity contribution in [2.75, 3.05) is 4.90 Å². The van der Waals surface area contributed by atoms with Gasteiger partial charge in [0.15, 0.2) is 5.78 Å². The molecule has 1 saturated heterocycles. The Balaban J connectivity index is 1.16. The zero-order valence-corrected chi connectivity index (χ0v) is 19.6. The SMILES string of the molecule is CC(=O)c1ccc2ccccc2c1OC(=O)c1ccc(N2C(=O)[C@@H]3[C@@H]4C=C[C@H]([C@H]5C[C@H]45)[C@@H]3C2=O)cc1. The van der Waals surface area contributed by atoms with Gasteiger partial charge in [-0.15, -0.1) is 0 Å². The summed E-state index contributed by atoms with van der Waals surface area (Å²) in [6, 6.07) is 17.2. The maximum atomic E-state index is 13.3. The van der Waals surface area contributed by atoms with Crippen molar-refractivity contribution in [3.8, 4) is 5.75 Å². The number of nitrogens with zero attached hydrogens (tertiary/aromatic N) is 1. The van der Waals surface area contributed by atoms with Crippen LogP contribution < -0.4 is 9.64 Å². The number of amides is 2. The van der Waals surface area contributed by atoms with Gasteiger partial charge in [-0.3, -0.25) is 19.3 Å². The molecule has 0 unspecified atom stereocenters. The number of Topliss-reactive ketones (excluding diaryl/α,β-unsaturated/α-hetero) is 1. The molecule has 0 N–H and O–H groups in total. The molecule has 3 aromatic carbocycles. The zero-order chi connectivity index (χ0) is 24.7. The van der Waals surface area contributed by atoms with E-state index in [9.17, 15) is 19.2 Å². The maximum Gasteiger partial charge on any atom is 0.343 e. The van der Waals surface area contributed by atoms with Gasteiger partial charge in [-0.25, -0.2) is 4.79 Å². The van der Waals surface area contributed by atoms with Crippen LogP contribution in [0.3, 0.4) is 0 Å². The molecule has 6 nitrogen and oxygen atoms in total. The molecule has 36 heavy (non-hydrogen) atoms. The number of carbonyl (C=O) groups excluding carboxylic acids is 4. The summed E-state index contributed by atoms with van der Waals surface area (Å²) in [5.41, 5.74) is 1.06. The highest BCUT2D eigenvalue weighted by Crippen LogP contribution is 2.65. The molecule has 6 heteroatoms. The Kier molecular flexibility index (Phi) is 4.41. The number of esters is 1. The Hall–Kier alpha value is -4.06. The molecule has 3 fully saturated rings. The van der Waals surface area contributed by atoms with Crippen molar-refractivity contribution in [3.05, 3.63) is 83.9 Å². The fraction of sp³-hybridized carbons (Fsp3) is 0.267. The Morgan fingerprint density at radius 1 is 0.833 bits per heavy atom. The number of carbonyl (C=O) groups is 4. The minimum absolute atomic E-state index is 0.133. The second-order valence-electron chi connectivity index (χ2n) is 10.3. The number of ether oxygens (including phenoxy) is 1. The lowest BCUT2D eigenvalue weighted by Gasteiger charge is -2.37. The molecular formula is C30H23NO5. The van der Waals surface area contributed by atoms with Crippen molar-refractivity contribution in [1.82, 2.24) is 0 Å². The first-order valence-electron chi connectivity index (χ1n) is 12.3. The van der Waals surface area contributed by atoms with Crippen molar-refractivity contribution in [2.45, 2.75) is 13.3 Å². The lowest BCUT2D eigenvalue weighted by molar-refractivity contribution is -0.124. The summed E-state index contributed by atoms with van der Waals surface area (Å²) < 4.78 is 5.73. The number of allylic oxidation sites excluding steroid dienone is 2. The summed E-state index contributed by atoms with van der Waals surface area (Å²) in [5, 5.41) is 1.53. The minimum Gasteiger partial charge on any atom is -0.421 e. The first-order valence-corrected chi connectivity index (χ1v) is 12.3. The number of rotatable bonds is 4. The van der Waals surface area contributed by atoms with Gasteiger partial charge in [-0.2, -0.15) is 0 Å². The zero-order valence-electron chi connectivity index (χ0n) is 19.6. The maximum absolute atomic E-state index is 13.3. The second kappa shape index (κ2) is 7.47. The van der Waals surface area contributed by atoms with Crippen LogP contribution in [0, 0.1) is 35.5 Å². The third-order valence-corrected chi connectivity index (χ3v) is 8.48. The molecule has 8 rings (SSSR count). The summed E-state index contributed by atoms with van der Waals surface area (Å²) >= 11 is 0. The molecule has 2 amide bonds. The Labute approximate surface area is 207 Å². The lowest BCUT2D eigenvalue weighted by atomic mass is 9.63.